The van der Waals surface area contributed by atoms with Crippen molar-refractivity contribution in [2.45, 2.75) is 0 Å². The van der Waals surface area contributed by atoms with Gasteiger partial charge in [0.15, 0.2) is 11.5 Å². The lowest BCUT2D eigenvalue weighted by atomic mass is 10.1. The van der Waals surface area contributed by atoms with Crippen molar-refractivity contribution in [1.82, 2.24) is 14.8 Å². The summed E-state index contributed by atoms with van der Waals surface area (Å²) in [6.45, 7) is 0.161. The van der Waals surface area contributed by atoms with Crippen LogP contribution in [0.25, 0.3) is 38.8 Å². The van der Waals surface area contributed by atoms with Crippen molar-refractivity contribution in [3.63, 3.8) is 0 Å². The van der Waals surface area contributed by atoms with Gasteiger partial charge in [-0.05, 0) is 12.1 Å². The molecule has 1 aliphatic rings. The minimum absolute atomic E-state index is 0.00148. The number of hydrogen-bond acceptors (Lipinski definition) is 6. The van der Waals surface area contributed by atoms with Crippen molar-refractivity contribution in [3.8, 4) is 28.4 Å². The number of non-ortho nitro benzene ring substituents is 1. The van der Waals surface area contributed by atoms with Gasteiger partial charge in [-0.2, -0.15) is 5.10 Å². The van der Waals surface area contributed by atoms with E-state index >= 15 is 0 Å². The van der Waals surface area contributed by atoms with Crippen LogP contribution in [0.3, 0.4) is 0 Å². The Morgan fingerprint density at radius 2 is 1.74 bits per heavy atom. The predicted molar refractivity (Wildman–Crippen MR) is 115 cm³/mol. The number of nitrogens with zero attached hydrogens (tertiary/aromatic N) is 4. The van der Waals surface area contributed by atoms with E-state index in [2.05, 4.69) is 4.98 Å². The van der Waals surface area contributed by atoms with Gasteiger partial charge < -0.3 is 9.47 Å². The van der Waals surface area contributed by atoms with Crippen molar-refractivity contribution >= 4 is 27.5 Å². The van der Waals surface area contributed by atoms with E-state index in [0.717, 1.165) is 33.1 Å². The number of fused-ring (bicyclic) bond motifs is 4. The Kier molecular flexibility index (Phi) is 3.66. The van der Waals surface area contributed by atoms with E-state index in [1.54, 1.807) is 23.0 Å². The molecule has 0 spiro atoms. The molecular formula is C23H14N4O4. The molecule has 0 atom stereocenters. The molecule has 0 N–H and O–H groups in total. The van der Waals surface area contributed by atoms with Gasteiger partial charge >= 0.3 is 0 Å². The van der Waals surface area contributed by atoms with Crippen LogP contribution in [-0.4, -0.2) is 26.5 Å². The Labute approximate surface area is 175 Å². The fourth-order valence-corrected chi connectivity index (χ4v) is 3.91. The normalized spacial score (nSPS) is 12.5. The molecule has 31 heavy (non-hydrogen) atoms. The van der Waals surface area contributed by atoms with Crippen molar-refractivity contribution < 1.29 is 14.4 Å². The fourth-order valence-electron chi connectivity index (χ4n) is 3.91. The summed E-state index contributed by atoms with van der Waals surface area (Å²) < 4.78 is 12.8. The summed E-state index contributed by atoms with van der Waals surface area (Å²) in [5.41, 5.74) is 3.78. The maximum absolute atomic E-state index is 11.4. The third-order valence-corrected chi connectivity index (χ3v) is 5.33. The topological polar surface area (TPSA) is 92.3 Å². The van der Waals surface area contributed by atoms with E-state index in [1.165, 1.54) is 12.1 Å². The summed E-state index contributed by atoms with van der Waals surface area (Å²) in [4.78, 5) is 15.6. The molecule has 150 valence electrons. The number of benzene rings is 3. The highest BCUT2D eigenvalue weighted by Crippen LogP contribution is 2.40. The zero-order valence-corrected chi connectivity index (χ0v) is 16.1. The standard InChI is InChI=1S/C23H14N4O4/c28-27(29)16-8-4-7-15(9-16)26-23-17-10-20-21(31-13-30-20)11-19(17)24-12-18(23)22(25-26)14-5-2-1-3-6-14/h1-12H,13H2. The number of aromatic nitrogens is 3. The molecule has 0 bridgehead atoms. The lowest BCUT2D eigenvalue weighted by molar-refractivity contribution is -0.384. The van der Waals surface area contributed by atoms with Crippen LogP contribution in [0, 0.1) is 10.1 Å². The quantitative estimate of drug-likeness (QED) is 0.311. The monoisotopic (exact) mass is 410 g/mol. The van der Waals surface area contributed by atoms with Gasteiger partial charge in [0.1, 0.15) is 5.69 Å². The first kappa shape index (κ1) is 17.4. The fraction of sp³-hybridized carbons (Fsp3) is 0.0435. The van der Waals surface area contributed by atoms with E-state index in [4.69, 9.17) is 14.6 Å². The van der Waals surface area contributed by atoms with E-state index in [1.807, 2.05) is 42.5 Å². The maximum Gasteiger partial charge on any atom is 0.271 e. The van der Waals surface area contributed by atoms with Crippen molar-refractivity contribution in [1.29, 1.82) is 0 Å². The van der Waals surface area contributed by atoms with Gasteiger partial charge in [0, 0.05) is 40.7 Å². The lowest BCUT2D eigenvalue weighted by Crippen LogP contribution is -1.99. The van der Waals surface area contributed by atoms with Gasteiger partial charge in [0.2, 0.25) is 6.79 Å². The van der Waals surface area contributed by atoms with Gasteiger partial charge in [-0.1, -0.05) is 36.4 Å². The van der Waals surface area contributed by atoms with Crippen LogP contribution in [0.5, 0.6) is 11.5 Å². The minimum atomic E-state index is -0.412. The first-order valence-electron chi connectivity index (χ1n) is 9.60. The second-order valence-corrected chi connectivity index (χ2v) is 7.15. The molecule has 3 heterocycles. The van der Waals surface area contributed by atoms with Crippen LogP contribution < -0.4 is 9.47 Å². The number of rotatable bonds is 3. The third-order valence-electron chi connectivity index (χ3n) is 5.33. The molecule has 8 nitrogen and oxygen atoms in total. The Bertz CT molecular complexity index is 1490. The smallest absolute Gasteiger partial charge is 0.271 e. The van der Waals surface area contributed by atoms with Gasteiger partial charge in [-0.15, -0.1) is 0 Å². The van der Waals surface area contributed by atoms with E-state index < -0.39 is 4.92 Å². The van der Waals surface area contributed by atoms with Crippen molar-refractivity contribution in [3.05, 3.63) is 83.0 Å². The molecule has 0 amide bonds. The Balaban J connectivity index is 1.72. The van der Waals surface area contributed by atoms with Crippen molar-refractivity contribution in [2.75, 3.05) is 6.79 Å². The van der Waals surface area contributed by atoms with Crippen LogP contribution in [-0.2, 0) is 0 Å². The summed E-state index contributed by atoms with van der Waals surface area (Å²) in [6, 6.07) is 19.9. The Morgan fingerprint density at radius 3 is 2.55 bits per heavy atom. The van der Waals surface area contributed by atoms with E-state index in [0.29, 0.717) is 17.2 Å². The van der Waals surface area contributed by atoms with Crippen molar-refractivity contribution in [2.24, 2.45) is 0 Å². The SMILES string of the molecule is O=[N+]([O-])c1cccc(-n2nc(-c3ccccc3)c3cnc4cc5c(cc4c32)OCO5)c1. The molecular weight excluding hydrogens is 396 g/mol. The highest BCUT2D eigenvalue weighted by atomic mass is 16.7. The maximum atomic E-state index is 11.4. The Hall–Kier alpha value is -4.46. The molecule has 0 radical (unpaired) electrons. The summed E-state index contributed by atoms with van der Waals surface area (Å²) in [5.74, 6) is 1.28. The van der Waals surface area contributed by atoms with Gasteiger partial charge in [0.05, 0.1) is 21.6 Å². The van der Waals surface area contributed by atoms with Crippen LogP contribution in [0.1, 0.15) is 0 Å². The number of ether oxygens (including phenoxy) is 2. The summed E-state index contributed by atoms with van der Waals surface area (Å²) >= 11 is 0. The highest BCUT2D eigenvalue weighted by Gasteiger charge is 2.21. The van der Waals surface area contributed by atoms with E-state index in [9.17, 15) is 10.1 Å². The van der Waals surface area contributed by atoms with Gasteiger partial charge in [-0.3, -0.25) is 15.1 Å². The predicted octanol–water partition coefficient (Wildman–Crippen LogP) is 4.88. The van der Waals surface area contributed by atoms with Crippen LogP contribution in [0.2, 0.25) is 0 Å². The molecule has 5 aromatic rings. The second kappa shape index (κ2) is 6.53. The summed E-state index contributed by atoms with van der Waals surface area (Å²) in [5, 5.41) is 17.9. The molecule has 0 fully saturated rings. The zero-order valence-electron chi connectivity index (χ0n) is 16.1. The molecule has 2 aromatic heterocycles. The number of nitro benzene ring substituents is 1. The minimum Gasteiger partial charge on any atom is -0.454 e. The van der Waals surface area contributed by atoms with Crippen LogP contribution in [0.15, 0.2) is 72.9 Å². The first-order chi connectivity index (χ1) is 15.2. The molecule has 0 aliphatic carbocycles. The molecule has 8 heteroatoms. The molecule has 0 saturated heterocycles. The van der Waals surface area contributed by atoms with Gasteiger partial charge in [-0.25, -0.2) is 4.68 Å². The lowest BCUT2D eigenvalue weighted by Gasteiger charge is -2.07. The summed E-state index contributed by atoms with van der Waals surface area (Å²) in [6.07, 6.45) is 1.78. The van der Waals surface area contributed by atoms with Gasteiger partial charge in [0.25, 0.3) is 5.69 Å². The summed E-state index contributed by atoms with van der Waals surface area (Å²) in [7, 11) is 0. The van der Waals surface area contributed by atoms with E-state index in [-0.39, 0.29) is 12.5 Å². The molecule has 3 aromatic carbocycles. The molecule has 0 unspecified atom stereocenters. The first-order valence-corrected chi connectivity index (χ1v) is 9.60. The number of nitro groups is 1. The zero-order chi connectivity index (χ0) is 20.9. The Morgan fingerprint density at radius 1 is 0.935 bits per heavy atom. The van der Waals surface area contributed by atoms with Crippen LogP contribution in [0.4, 0.5) is 5.69 Å². The third kappa shape index (κ3) is 2.69. The molecule has 1 aliphatic heterocycles. The second-order valence-electron chi connectivity index (χ2n) is 7.15. The molecule has 0 saturated carbocycles. The van der Waals surface area contributed by atoms with Crippen LogP contribution >= 0.6 is 0 Å². The average Bonchev–Trinajstić information content (AvgIpc) is 3.42. The average molecular weight is 410 g/mol. The largest absolute Gasteiger partial charge is 0.454 e. The number of hydrogen-bond donors (Lipinski definition) is 0. The molecule has 6 rings (SSSR count). The number of pyridine rings is 1. The highest BCUT2D eigenvalue weighted by molar-refractivity contribution is 6.09.